The summed E-state index contributed by atoms with van der Waals surface area (Å²) < 4.78 is 12.8. The predicted molar refractivity (Wildman–Crippen MR) is 129 cm³/mol. The second-order valence-corrected chi connectivity index (χ2v) is 6.64. The number of ether oxygens (including phenoxy) is 2. The fourth-order valence-electron chi connectivity index (χ4n) is 3.46. The topological polar surface area (TPSA) is 63.9 Å². The Bertz CT molecular complexity index is 820. The largest absolute Gasteiger partial charge is 0.497 e. The maximum atomic E-state index is 5.52. The van der Waals surface area contributed by atoms with Crippen molar-refractivity contribution in [1.29, 1.82) is 0 Å². The third-order valence-corrected chi connectivity index (χ3v) is 4.93. The van der Waals surface area contributed by atoms with Crippen LogP contribution in [-0.2, 0) is 33.0 Å². The van der Waals surface area contributed by atoms with Crippen molar-refractivity contribution in [3.8, 4) is 11.5 Å². The molecule has 0 saturated heterocycles. The van der Waals surface area contributed by atoms with E-state index in [9.17, 15) is 0 Å². The van der Waals surface area contributed by atoms with E-state index in [1.165, 1.54) is 11.3 Å². The lowest BCUT2D eigenvalue weighted by Crippen LogP contribution is -2.38. The highest BCUT2D eigenvalue weighted by Crippen LogP contribution is 2.25. The minimum absolute atomic E-state index is 0. The molecule has 0 amide bonds. The summed E-state index contributed by atoms with van der Waals surface area (Å²) in [6, 6.07) is 5.86. The molecule has 2 aromatic rings. The monoisotopic (exact) mass is 515 g/mol. The van der Waals surface area contributed by atoms with E-state index in [-0.39, 0.29) is 24.0 Å². The number of hydrogen-bond acceptors (Lipinski definition) is 4. The highest BCUT2D eigenvalue weighted by molar-refractivity contribution is 14.0. The molecular weight excluding hydrogens is 481 g/mol. The summed E-state index contributed by atoms with van der Waals surface area (Å²) in [6.45, 7) is 5.68. The van der Waals surface area contributed by atoms with E-state index in [0.717, 1.165) is 41.6 Å². The number of aryl methyl sites for hydroxylation is 2. The summed E-state index contributed by atoms with van der Waals surface area (Å²) in [6.07, 6.45) is 1.88. The number of halogens is 1. The molecule has 0 saturated carbocycles. The van der Waals surface area contributed by atoms with Gasteiger partial charge in [0.2, 0.25) is 0 Å². The van der Waals surface area contributed by atoms with E-state index in [0.29, 0.717) is 13.1 Å². The number of benzene rings is 1. The molecule has 0 bridgehead atoms. The van der Waals surface area contributed by atoms with E-state index < -0.39 is 0 Å². The van der Waals surface area contributed by atoms with Crippen LogP contribution in [-0.4, -0.2) is 49.0 Å². The van der Waals surface area contributed by atoms with Crippen LogP contribution in [0.5, 0.6) is 11.5 Å². The number of aliphatic imine (C=N–C) groups is 1. The van der Waals surface area contributed by atoms with Gasteiger partial charge in [0, 0.05) is 57.1 Å². The van der Waals surface area contributed by atoms with Crippen LogP contribution in [0.2, 0.25) is 0 Å². The normalized spacial score (nSPS) is 11.1. The third-order valence-electron chi connectivity index (χ3n) is 4.93. The maximum Gasteiger partial charge on any atom is 0.193 e. The number of hydrogen-bond donors (Lipinski definition) is 1. The van der Waals surface area contributed by atoms with E-state index >= 15 is 0 Å². The second-order valence-electron chi connectivity index (χ2n) is 6.64. The molecule has 7 nitrogen and oxygen atoms in total. The van der Waals surface area contributed by atoms with E-state index in [4.69, 9.17) is 9.47 Å². The van der Waals surface area contributed by atoms with Gasteiger partial charge in [0.1, 0.15) is 11.5 Å². The third kappa shape index (κ3) is 6.01. The molecule has 2 rings (SSSR count). The molecule has 0 aliphatic carbocycles. The van der Waals surface area contributed by atoms with Crippen molar-refractivity contribution < 1.29 is 9.47 Å². The lowest BCUT2D eigenvalue weighted by molar-refractivity contribution is 0.382. The first kappa shape index (κ1) is 25.1. The van der Waals surface area contributed by atoms with Gasteiger partial charge in [-0.15, -0.1) is 24.0 Å². The Labute approximate surface area is 191 Å². The van der Waals surface area contributed by atoms with Crippen LogP contribution in [0, 0.1) is 0 Å². The number of rotatable bonds is 8. The van der Waals surface area contributed by atoms with E-state index in [2.05, 4.69) is 34.2 Å². The summed E-state index contributed by atoms with van der Waals surface area (Å²) in [7, 11) is 9.16. The summed E-state index contributed by atoms with van der Waals surface area (Å²) in [4.78, 5) is 6.53. The van der Waals surface area contributed by atoms with Crippen molar-refractivity contribution in [3.63, 3.8) is 0 Å². The van der Waals surface area contributed by atoms with Crippen LogP contribution < -0.4 is 14.8 Å². The molecule has 1 aromatic carbocycles. The van der Waals surface area contributed by atoms with Gasteiger partial charge in [-0.1, -0.05) is 13.8 Å². The molecule has 8 heteroatoms. The zero-order valence-corrected chi connectivity index (χ0v) is 20.9. The Morgan fingerprint density at radius 1 is 1.21 bits per heavy atom. The van der Waals surface area contributed by atoms with Crippen LogP contribution in [0.15, 0.2) is 23.2 Å². The van der Waals surface area contributed by atoms with Crippen molar-refractivity contribution in [2.45, 2.75) is 39.8 Å². The maximum absolute atomic E-state index is 5.52. The van der Waals surface area contributed by atoms with Crippen molar-refractivity contribution in [3.05, 3.63) is 40.7 Å². The molecule has 0 fully saturated rings. The lowest BCUT2D eigenvalue weighted by atomic mass is 10.1. The first-order valence-electron chi connectivity index (χ1n) is 9.65. The van der Waals surface area contributed by atoms with Gasteiger partial charge in [-0.05, 0) is 25.0 Å². The average molecular weight is 515 g/mol. The standard InChI is InChI=1S/C21H33N5O2.HI/c1-8-18-17(19(9-2)26(5)24-18)13-23-21(22-3)25(4)14-15-10-11-16(27-6)12-20(15)28-7;/h10-12H,8-9,13-14H2,1-7H3,(H,22,23);1H. The van der Waals surface area contributed by atoms with Crippen LogP contribution in [0.25, 0.3) is 0 Å². The van der Waals surface area contributed by atoms with Gasteiger partial charge in [0.15, 0.2) is 5.96 Å². The van der Waals surface area contributed by atoms with Crippen LogP contribution in [0.4, 0.5) is 0 Å². The molecular formula is C21H34IN5O2. The number of methoxy groups -OCH3 is 2. The van der Waals surface area contributed by atoms with Crippen molar-refractivity contribution in [2.24, 2.45) is 12.0 Å². The summed E-state index contributed by atoms with van der Waals surface area (Å²) >= 11 is 0. The summed E-state index contributed by atoms with van der Waals surface area (Å²) in [5.41, 5.74) is 4.74. The van der Waals surface area contributed by atoms with E-state index in [1.54, 1.807) is 21.3 Å². The Morgan fingerprint density at radius 2 is 1.93 bits per heavy atom. The Morgan fingerprint density at radius 3 is 2.48 bits per heavy atom. The Hall–Kier alpha value is -1.97. The second kappa shape index (κ2) is 11.9. The molecule has 0 aliphatic heterocycles. The molecule has 0 aliphatic rings. The Kier molecular flexibility index (Phi) is 10.3. The van der Waals surface area contributed by atoms with Gasteiger partial charge in [0.05, 0.1) is 19.9 Å². The number of guanidine groups is 1. The number of nitrogens with one attached hydrogen (secondary N) is 1. The van der Waals surface area contributed by atoms with Crippen molar-refractivity contribution in [2.75, 3.05) is 28.3 Å². The van der Waals surface area contributed by atoms with Crippen molar-refractivity contribution in [1.82, 2.24) is 20.0 Å². The van der Waals surface area contributed by atoms with Gasteiger partial charge in [0.25, 0.3) is 0 Å². The molecule has 0 unspecified atom stereocenters. The molecule has 1 N–H and O–H groups in total. The zero-order chi connectivity index (χ0) is 20.7. The molecule has 29 heavy (non-hydrogen) atoms. The van der Waals surface area contributed by atoms with Gasteiger partial charge in [-0.2, -0.15) is 5.10 Å². The fourth-order valence-corrected chi connectivity index (χ4v) is 3.46. The van der Waals surface area contributed by atoms with Gasteiger partial charge < -0.3 is 19.7 Å². The zero-order valence-electron chi connectivity index (χ0n) is 18.6. The first-order chi connectivity index (χ1) is 13.5. The van der Waals surface area contributed by atoms with Gasteiger partial charge in [-0.25, -0.2) is 0 Å². The van der Waals surface area contributed by atoms with E-state index in [1.807, 2.05) is 37.0 Å². The van der Waals surface area contributed by atoms with Crippen LogP contribution >= 0.6 is 24.0 Å². The van der Waals surface area contributed by atoms with Gasteiger partial charge >= 0.3 is 0 Å². The minimum atomic E-state index is 0. The quantitative estimate of drug-likeness (QED) is 0.332. The lowest BCUT2D eigenvalue weighted by Gasteiger charge is -2.23. The highest BCUT2D eigenvalue weighted by atomic mass is 127. The number of aromatic nitrogens is 2. The molecule has 1 aromatic heterocycles. The smallest absolute Gasteiger partial charge is 0.193 e. The van der Waals surface area contributed by atoms with Crippen LogP contribution in [0.1, 0.15) is 36.4 Å². The first-order valence-corrected chi connectivity index (χ1v) is 9.65. The fraction of sp³-hybridized carbons (Fsp3) is 0.524. The molecule has 0 radical (unpaired) electrons. The predicted octanol–water partition coefficient (Wildman–Crippen LogP) is 3.39. The van der Waals surface area contributed by atoms with Crippen molar-refractivity contribution >= 4 is 29.9 Å². The SMILES string of the molecule is CCc1nn(C)c(CC)c1CNC(=NC)N(C)Cc1ccc(OC)cc1OC.I. The average Bonchev–Trinajstić information content (AvgIpc) is 3.03. The Balaban J connectivity index is 0.00000420. The summed E-state index contributed by atoms with van der Waals surface area (Å²) in [5.74, 6) is 2.41. The highest BCUT2D eigenvalue weighted by Gasteiger charge is 2.16. The van der Waals surface area contributed by atoms with Crippen LogP contribution in [0.3, 0.4) is 0 Å². The molecule has 0 spiro atoms. The molecule has 0 atom stereocenters. The summed E-state index contributed by atoms with van der Waals surface area (Å²) in [5, 5.41) is 8.14. The minimum Gasteiger partial charge on any atom is -0.497 e. The number of nitrogens with zero attached hydrogens (tertiary/aromatic N) is 4. The molecule has 1 heterocycles. The molecule has 162 valence electrons. The van der Waals surface area contributed by atoms with Gasteiger partial charge in [-0.3, -0.25) is 9.67 Å².